The molecule has 94 valence electrons. The van der Waals surface area contributed by atoms with Crippen molar-refractivity contribution in [3.63, 3.8) is 0 Å². The summed E-state index contributed by atoms with van der Waals surface area (Å²) in [4.78, 5) is 2.55. The number of piperidine rings is 1. The molecule has 1 saturated heterocycles. The maximum atomic E-state index is 5.78. The van der Waals surface area contributed by atoms with Crippen LogP contribution in [0, 0.1) is 19.8 Å². The van der Waals surface area contributed by atoms with Crippen molar-refractivity contribution in [2.24, 2.45) is 11.7 Å². The first-order chi connectivity index (χ1) is 8.19. The zero-order valence-electron chi connectivity index (χ0n) is 11.1. The van der Waals surface area contributed by atoms with E-state index in [1.54, 1.807) is 0 Å². The van der Waals surface area contributed by atoms with Crippen molar-refractivity contribution < 1.29 is 0 Å². The molecule has 0 amide bonds. The average Bonchev–Trinajstić information content (AvgIpc) is 2.34. The molecule has 0 aromatic heterocycles. The molecule has 0 spiro atoms. The number of likely N-dealkylation sites (tertiary alicyclic amines) is 1. The van der Waals surface area contributed by atoms with Crippen LogP contribution in [0.1, 0.15) is 29.5 Å². The normalized spacial score (nSPS) is 21.7. The van der Waals surface area contributed by atoms with E-state index in [2.05, 4.69) is 36.9 Å². The Kier molecular flexibility index (Phi) is 4.19. The highest BCUT2D eigenvalue weighted by atomic mass is 15.1. The van der Waals surface area contributed by atoms with Gasteiger partial charge in [0.1, 0.15) is 0 Å². The number of hydrogen-bond acceptors (Lipinski definition) is 2. The van der Waals surface area contributed by atoms with Gasteiger partial charge in [-0.1, -0.05) is 18.2 Å². The number of hydrogen-bond donors (Lipinski definition) is 1. The second-order valence-electron chi connectivity index (χ2n) is 5.40. The average molecular weight is 232 g/mol. The van der Waals surface area contributed by atoms with Crippen LogP contribution in [0.5, 0.6) is 0 Å². The second-order valence-corrected chi connectivity index (χ2v) is 5.40. The summed E-state index contributed by atoms with van der Waals surface area (Å²) in [6.45, 7) is 8.68. The second kappa shape index (κ2) is 5.65. The maximum Gasteiger partial charge on any atom is 0.0233 e. The van der Waals surface area contributed by atoms with Crippen LogP contribution >= 0.6 is 0 Å². The summed E-state index contributed by atoms with van der Waals surface area (Å²) >= 11 is 0. The van der Waals surface area contributed by atoms with E-state index in [1.807, 2.05) is 0 Å². The van der Waals surface area contributed by atoms with E-state index < -0.39 is 0 Å². The molecule has 2 rings (SSSR count). The van der Waals surface area contributed by atoms with Crippen molar-refractivity contribution in [1.29, 1.82) is 0 Å². The van der Waals surface area contributed by atoms with Crippen LogP contribution in [0.3, 0.4) is 0 Å². The molecule has 0 radical (unpaired) electrons. The largest absolute Gasteiger partial charge is 0.330 e. The van der Waals surface area contributed by atoms with Crippen LogP contribution in [0.4, 0.5) is 0 Å². The first-order valence-electron chi connectivity index (χ1n) is 6.67. The van der Waals surface area contributed by atoms with Crippen LogP contribution in [0.25, 0.3) is 0 Å². The highest BCUT2D eigenvalue weighted by molar-refractivity contribution is 5.29. The molecule has 1 heterocycles. The Hall–Kier alpha value is -0.860. The van der Waals surface area contributed by atoms with E-state index in [4.69, 9.17) is 5.73 Å². The first-order valence-corrected chi connectivity index (χ1v) is 6.67. The Morgan fingerprint density at radius 1 is 1.29 bits per heavy atom. The fraction of sp³-hybridized carbons (Fsp3) is 0.600. The summed E-state index contributed by atoms with van der Waals surface area (Å²) < 4.78 is 0. The lowest BCUT2D eigenvalue weighted by Gasteiger charge is -2.32. The molecule has 1 fully saturated rings. The molecule has 1 aliphatic rings. The van der Waals surface area contributed by atoms with Gasteiger partial charge in [-0.2, -0.15) is 0 Å². The number of benzene rings is 1. The lowest BCUT2D eigenvalue weighted by molar-refractivity contribution is 0.171. The van der Waals surface area contributed by atoms with Gasteiger partial charge in [-0.15, -0.1) is 0 Å². The topological polar surface area (TPSA) is 29.3 Å². The van der Waals surface area contributed by atoms with Gasteiger partial charge in [0, 0.05) is 13.1 Å². The number of nitrogens with two attached hydrogens (primary N) is 1. The van der Waals surface area contributed by atoms with Crippen LogP contribution in [-0.2, 0) is 6.54 Å². The summed E-state index contributed by atoms with van der Waals surface area (Å²) in [6.07, 6.45) is 2.60. The molecular formula is C15H24N2. The van der Waals surface area contributed by atoms with Gasteiger partial charge >= 0.3 is 0 Å². The summed E-state index contributed by atoms with van der Waals surface area (Å²) in [6, 6.07) is 6.81. The SMILES string of the molecule is Cc1ccc(CN2CCC[C@H](CN)C2)cc1C. The van der Waals surface area contributed by atoms with Crippen LogP contribution < -0.4 is 5.73 Å². The minimum absolute atomic E-state index is 0.704. The lowest BCUT2D eigenvalue weighted by atomic mass is 9.97. The van der Waals surface area contributed by atoms with Crippen molar-refractivity contribution >= 4 is 0 Å². The highest BCUT2D eigenvalue weighted by Crippen LogP contribution is 2.18. The summed E-state index contributed by atoms with van der Waals surface area (Å²) in [5.41, 5.74) is 9.99. The number of rotatable bonds is 3. The minimum atomic E-state index is 0.704. The molecule has 0 aliphatic carbocycles. The Balaban J connectivity index is 1.97. The van der Waals surface area contributed by atoms with E-state index >= 15 is 0 Å². The van der Waals surface area contributed by atoms with E-state index in [0.717, 1.165) is 13.1 Å². The molecule has 0 unspecified atom stereocenters. The highest BCUT2D eigenvalue weighted by Gasteiger charge is 2.18. The zero-order chi connectivity index (χ0) is 12.3. The van der Waals surface area contributed by atoms with Crippen LogP contribution in [-0.4, -0.2) is 24.5 Å². The van der Waals surface area contributed by atoms with Gasteiger partial charge < -0.3 is 5.73 Å². The zero-order valence-corrected chi connectivity index (χ0v) is 11.1. The smallest absolute Gasteiger partial charge is 0.0233 e. The van der Waals surface area contributed by atoms with Gasteiger partial charge in [-0.05, 0) is 62.4 Å². The Labute approximate surface area is 105 Å². The van der Waals surface area contributed by atoms with Crippen molar-refractivity contribution in [1.82, 2.24) is 4.90 Å². The first kappa shape index (κ1) is 12.6. The number of nitrogens with zero attached hydrogens (tertiary/aromatic N) is 1. The summed E-state index contributed by atoms with van der Waals surface area (Å²) in [5.74, 6) is 0.704. The van der Waals surface area contributed by atoms with E-state index in [1.165, 1.54) is 42.6 Å². The molecule has 2 nitrogen and oxygen atoms in total. The third-order valence-electron chi connectivity index (χ3n) is 3.91. The third-order valence-corrected chi connectivity index (χ3v) is 3.91. The molecule has 2 heteroatoms. The molecule has 1 aromatic rings. The number of aryl methyl sites for hydroxylation is 2. The predicted octanol–water partition coefficient (Wildman–Crippen LogP) is 2.47. The van der Waals surface area contributed by atoms with E-state index in [-0.39, 0.29) is 0 Å². The van der Waals surface area contributed by atoms with Crippen molar-refractivity contribution in [3.05, 3.63) is 34.9 Å². The lowest BCUT2D eigenvalue weighted by Crippen LogP contribution is -2.37. The monoisotopic (exact) mass is 232 g/mol. The van der Waals surface area contributed by atoms with Crippen LogP contribution in [0.15, 0.2) is 18.2 Å². The summed E-state index contributed by atoms with van der Waals surface area (Å²) in [5, 5.41) is 0. The quantitative estimate of drug-likeness (QED) is 0.867. The minimum Gasteiger partial charge on any atom is -0.330 e. The third kappa shape index (κ3) is 3.30. The van der Waals surface area contributed by atoms with Gasteiger partial charge in [0.25, 0.3) is 0 Å². The Morgan fingerprint density at radius 2 is 2.12 bits per heavy atom. The molecule has 2 N–H and O–H groups in total. The molecule has 1 atom stereocenters. The van der Waals surface area contributed by atoms with Crippen molar-refractivity contribution in [2.75, 3.05) is 19.6 Å². The maximum absolute atomic E-state index is 5.78. The fourth-order valence-electron chi connectivity index (χ4n) is 2.65. The van der Waals surface area contributed by atoms with Crippen molar-refractivity contribution in [3.8, 4) is 0 Å². The van der Waals surface area contributed by atoms with Crippen molar-refractivity contribution in [2.45, 2.75) is 33.2 Å². The van der Waals surface area contributed by atoms with E-state index in [0.29, 0.717) is 5.92 Å². The standard InChI is InChI=1S/C15H24N2/c1-12-5-6-14(8-13(12)2)10-17-7-3-4-15(9-16)11-17/h5-6,8,15H,3-4,7,9-11,16H2,1-2H3/t15-/m1/s1. The molecule has 1 aliphatic heterocycles. The van der Waals surface area contributed by atoms with Gasteiger partial charge in [0.2, 0.25) is 0 Å². The Bertz CT molecular complexity index is 373. The van der Waals surface area contributed by atoms with Gasteiger partial charge in [0.05, 0.1) is 0 Å². The Morgan fingerprint density at radius 3 is 2.82 bits per heavy atom. The fourth-order valence-corrected chi connectivity index (χ4v) is 2.65. The summed E-state index contributed by atoms with van der Waals surface area (Å²) in [7, 11) is 0. The van der Waals surface area contributed by atoms with Gasteiger partial charge in [0.15, 0.2) is 0 Å². The van der Waals surface area contributed by atoms with Crippen LogP contribution in [0.2, 0.25) is 0 Å². The van der Waals surface area contributed by atoms with E-state index in [9.17, 15) is 0 Å². The molecular weight excluding hydrogens is 208 g/mol. The van der Waals surface area contributed by atoms with Gasteiger partial charge in [-0.3, -0.25) is 4.90 Å². The predicted molar refractivity (Wildman–Crippen MR) is 73.0 cm³/mol. The molecule has 0 bridgehead atoms. The van der Waals surface area contributed by atoms with Gasteiger partial charge in [-0.25, -0.2) is 0 Å². The molecule has 17 heavy (non-hydrogen) atoms. The molecule has 0 saturated carbocycles. The molecule has 1 aromatic carbocycles.